The number of carbonyl (C=O) groups excluding carboxylic acids is 1. The van der Waals surface area contributed by atoms with Crippen LogP contribution in [0.4, 0.5) is 10.1 Å². The summed E-state index contributed by atoms with van der Waals surface area (Å²) in [6.45, 7) is 1.93. The van der Waals surface area contributed by atoms with Crippen molar-refractivity contribution in [2.45, 2.75) is 13.0 Å². The number of carbonyl (C=O) groups is 1. The van der Waals surface area contributed by atoms with E-state index in [2.05, 4.69) is 10.3 Å². The molecule has 2 rings (SSSR count). The van der Waals surface area contributed by atoms with E-state index in [-0.39, 0.29) is 11.6 Å². The third-order valence-electron chi connectivity index (χ3n) is 2.75. The van der Waals surface area contributed by atoms with Crippen molar-refractivity contribution < 1.29 is 9.18 Å². The van der Waals surface area contributed by atoms with Crippen LogP contribution >= 0.6 is 0 Å². The number of primary amides is 1. The Morgan fingerprint density at radius 2 is 2.16 bits per heavy atom. The number of rotatable bonds is 4. The van der Waals surface area contributed by atoms with Gasteiger partial charge in [-0.15, -0.1) is 0 Å². The van der Waals surface area contributed by atoms with E-state index in [4.69, 9.17) is 5.73 Å². The fourth-order valence-corrected chi connectivity index (χ4v) is 1.76. The van der Waals surface area contributed by atoms with Crippen molar-refractivity contribution in [2.24, 2.45) is 5.73 Å². The zero-order valence-electron chi connectivity index (χ0n) is 10.4. The first kappa shape index (κ1) is 13.0. The molecule has 1 atom stereocenters. The molecule has 0 aliphatic rings. The molecule has 0 fully saturated rings. The lowest BCUT2D eigenvalue weighted by Crippen LogP contribution is -2.14. The van der Waals surface area contributed by atoms with E-state index in [9.17, 15) is 9.18 Å². The van der Waals surface area contributed by atoms with E-state index in [1.807, 2.05) is 25.1 Å². The maximum absolute atomic E-state index is 13.3. The summed E-state index contributed by atoms with van der Waals surface area (Å²) in [6.07, 6.45) is 1.70. The van der Waals surface area contributed by atoms with Crippen molar-refractivity contribution in [3.63, 3.8) is 0 Å². The van der Waals surface area contributed by atoms with Gasteiger partial charge in [-0.3, -0.25) is 9.78 Å². The van der Waals surface area contributed by atoms with E-state index in [1.165, 1.54) is 12.1 Å². The molecule has 0 saturated carbocycles. The van der Waals surface area contributed by atoms with Gasteiger partial charge in [-0.1, -0.05) is 6.07 Å². The largest absolute Gasteiger partial charge is 0.377 e. The van der Waals surface area contributed by atoms with Crippen molar-refractivity contribution in [2.75, 3.05) is 5.32 Å². The first-order valence-corrected chi connectivity index (χ1v) is 5.84. The molecule has 1 amide bonds. The summed E-state index contributed by atoms with van der Waals surface area (Å²) >= 11 is 0. The number of nitrogens with zero attached hydrogens (tertiary/aromatic N) is 1. The number of amides is 1. The average molecular weight is 259 g/mol. The van der Waals surface area contributed by atoms with Crippen molar-refractivity contribution in [1.29, 1.82) is 0 Å². The van der Waals surface area contributed by atoms with Gasteiger partial charge in [0.05, 0.1) is 17.3 Å². The summed E-state index contributed by atoms with van der Waals surface area (Å²) in [5.74, 6) is -1.41. The minimum atomic E-state index is -0.786. The van der Waals surface area contributed by atoms with Crippen LogP contribution in [0.1, 0.15) is 29.0 Å². The van der Waals surface area contributed by atoms with Crippen molar-refractivity contribution in [1.82, 2.24) is 4.98 Å². The molecule has 98 valence electrons. The highest BCUT2D eigenvalue weighted by molar-refractivity contribution is 5.94. The smallest absolute Gasteiger partial charge is 0.251 e. The summed E-state index contributed by atoms with van der Waals surface area (Å²) in [5.41, 5.74) is 6.45. The highest BCUT2D eigenvalue weighted by atomic mass is 19.1. The molecule has 0 aliphatic heterocycles. The molecule has 19 heavy (non-hydrogen) atoms. The first-order chi connectivity index (χ1) is 9.08. The number of halogens is 1. The Bertz CT molecular complexity index is 586. The summed E-state index contributed by atoms with van der Waals surface area (Å²) in [4.78, 5) is 15.3. The zero-order valence-corrected chi connectivity index (χ0v) is 10.4. The molecule has 4 nitrogen and oxygen atoms in total. The minimum Gasteiger partial charge on any atom is -0.377 e. The maximum atomic E-state index is 13.3. The molecule has 0 radical (unpaired) electrons. The SMILES string of the molecule is CC(Nc1ccc(F)c(C(N)=O)c1)c1ccccn1. The van der Waals surface area contributed by atoms with Crippen LogP contribution in [0.25, 0.3) is 0 Å². The zero-order chi connectivity index (χ0) is 13.8. The Hall–Kier alpha value is -2.43. The number of pyridine rings is 1. The molecule has 2 aromatic rings. The second-order valence-electron chi connectivity index (χ2n) is 4.18. The molecular formula is C14H14FN3O. The predicted molar refractivity (Wildman–Crippen MR) is 71.2 cm³/mol. The van der Waals surface area contributed by atoms with Gasteiger partial charge in [0, 0.05) is 11.9 Å². The average Bonchev–Trinajstić information content (AvgIpc) is 2.41. The number of anilines is 1. The quantitative estimate of drug-likeness (QED) is 0.886. The highest BCUT2D eigenvalue weighted by Crippen LogP contribution is 2.20. The topological polar surface area (TPSA) is 68.0 Å². The van der Waals surface area contributed by atoms with Crippen LogP contribution in [-0.2, 0) is 0 Å². The number of nitrogens with one attached hydrogen (secondary N) is 1. The summed E-state index contributed by atoms with van der Waals surface area (Å²) in [5, 5.41) is 3.14. The molecule has 5 heteroatoms. The van der Waals surface area contributed by atoms with Gasteiger partial charge in [0.1, 0.15) is 5.82 Å². The monoisotopic (exact) mass is 259 g/mol. The number of aromatic nitrogens is 1. The second kappa shape index (κ2) is 5.48. The van der Waals surface area contributed by atoms with Crippen LogP contribution in [0, 0.1) is 5.82 Å². The van der Waals surface area contributed by atoms with Crippen LogP contribution in [-0.4, -0.2) is 10.9 Å². The van der Waals surface area contributed by atoms with Gasteiger partial charge in [-0.2, -0.15) is 0 Å². The van der Waals surface area contributed by atoms with Gasteiger partial charge >= 0.3 is 0 Å². The molecule has 1 aromatic heterocycles. The highest BCUT2D eigenvalue weighted by Gasteiger charge is 2.11. The van der Waals surface area contributed by atoms with Crippen LogP contribution in [0.2, 0.25) is 0 Å². The Balaban J connectivity index is 2.20. The van der Waals surface area contributed by atoms with Crippen molar-refractivity contribution in [3.05, 3.63) is 59.7 Å². The van der Waals surface area contributed by atoms with Crippen molar-refractivity contribution >= 4 is 11.6 Å². The molecule has 0 bridgehead atoms. The van der Waals surface area contributed by atoms with E-state index >= 15 is 0 Å². The van der Waals surface area contributed by atoms with Gasteiger partial charge in [-0.25, -0.2) is 4.39 Å². The van der Waals surface area contributed by atoms with Gasteiger partial charge < -0.3 is 11.1 Å². The Morgan fingerprint density at radius 3 is 2.79 bits per heavy atom. The summed E-state index contributed by atoms with van der Waals surface area (Å²) in [7, 11) is 0. The Morgan fingerprint density at radius 1 is 1.37 bits per heavy atom. The van der Waals surface area contributed by atoms with E-state index in [0.717, 1.165) is 5.69 Å². The molecular weight excluding hydrogens is 245 g/mol. The predicted octanol–water partition coefficient (Wildman–Crippen LogP) is 2.49. The Labute approximate surface area is 110 Å². The lowest BCUT2D eigenvalue weighted by molar-refractivity contribution is 0.0996. The summed E-state index contributed by atoms with van der Waals surface area (Å²) in [6, 6.07) is 9.72. The first-order valence-electron chi connectivity index (χ1n) is 5.84. The normalized spacial score (nSPS) is 11.9. The third kappa shape index (κ3) is 3.07. The number of nitrogens with two attached hydrogens (primary N) is 1. The number of benzene rings is 1. The van der Waals surface area contributed by atoms with Gasteiger partial charge in [0.15, 0.2) is 0 Å². The third-order valence-corrected chi connectivity index (χ3v) is 2.75. The molecule has 0 saturated heterocycles. The molecule has 1 heterocycles. The van der Waals surface area contributed by atoms with Crippen LogP contribution in [0.3, 0.4) is 0 Å². The maximum Gasteiger partial charge on any atom is 0.251 e. The number of hydrogen-bond acceptors (Lipinski definition) is 3. The molecule has 1 unspecified atom stereocenters. The molecule has 0 spiro atoms. The van der Waals surface area contributed by atoms with Gasteiger partial charge in [0.2, 0.25) is 0 Å². The van der Waals surface area contributed by atoms with E-state index < -0.39 is 11.7 Å². The minimum absolute atomic E-state index is 0.0626. The molecule has 3 N–H and O–H groups in total. The fraction of sp³-hybridized carbons (Fsp3) is 0.143. The molecule has 0 aliphatic carbocycles. The van der Waals surface area contributed by atoms with E-state index in [1.54, 1.807) is 12.3 Å². The van der Waals surface area contributed by atoms with Gasteiger partial charge in [-0.05, 0) is 37.3 Å². The van der Waals surface area contributed by atoms with Crippen LogP contribution < -0.4 is 11.1 Å². The van der Waals surface area contributed by atoms with E-state index in [0.29, 0.717) is 5.69 Å². The van der Waals surface area contributed by atoms with Crippen LogP contribution in [0.15, 0.2) is 42.6 Å². The van der Waals surface area contributed by atoms with Crippen molar-refractivity contribution in [3.8, 4) is 0 Å². The molecule has 1 aromatic carbocycles. The lowest BCUT2D eigenvalue weighted by Gasteiger charge is -2.15. The standard InChI is InChI=1S/C14H14FN3O/c1-9(13-4-2-3-7-17-13)18-10-5-6-12(15)11(8-10)14(16)19/h2-9,18H,1H3,(H2,16,19). The van der Waals surface area contributed by atoms with Gasteiger partial charge in [0.25, 0.3) is 5.91 Å². The number of hydrogen-bond donors (Lipinski definition) is 2. The second-order valence-corrected chi connectivity index (χ2v) is 4.18. The Kier molecular flexibility index (Phi) is 3.75. The lowest BCUT2D eigenvalue weighted by atomic mass is 10.1. The van der Waals surface area contributed by atoms with Crippen LogP contribution in [0.5, 0.6) is 0 Å². The summed E-state index contributed by atoms with van der Waals surface area (Å²) < 4.78 is 13.3. The fourth-order valence-electron chi connectivity index (χ4n) is 1.76.